The molecule has 3 fully saturated rings. The first-order chi connectivity index (χ1) is 11.7. The fraction of sp³-hybridized carbons (Fsp3) is 1.00. The zero-order valence-corrected chi connectivity index (χ0v) is 17.4. The molecule has 0 radical (unpaired) electrons. The third-order valence-corrected chi connectivity index (χ3v) is 7.47. The van der Waals surface area contributed by atoms with Gasteiger partial charge in [-0.1, -0.05) is 13.8 Å². The molecule has 0 N–H and O–H groups in total. The molecule has 4 heteroatoms. The van der Waals surface area contributed by atoms with E-state index in [0.717, 1.165) is 24.4 Å². The maximum absolute atomic E-state index is 5.68. The Morgan fingerprint density at radius 3 is 2.33 bits per heavy atom. The number of hydrogen-bond acceptors (Lipinski definition) is 4. The standard InChI is InChI=1S/C18H34N2OS.C2H6/c1-19-9-3-16(4-10-19)5-11-20-12-6-17(22-2)15-18(20)7-13-21-14-8-18;1-2/h16-17H,3-15H2,1-2H3;1-2H3. The number of ether oxygens (including phenoxy) is 1. The number of likely N-dealkylation sites (tertiary alicyclic amines) is 2. The van der Waals surface area contributed by atoms with E-state index in [-0.39, 0.29) is 0 Å². The summed E-state index contributed by atoms with van der Waals surface area (Å²) in [6.45, 7) is 11.2. The first kappa shape index (κ1) is 20.5. The third-order valence-electron chi connectivity index (χ3n) is 6.40. The minimum Gasteiger partial charge on any atom is -0.381 e. The minimum atomic E-state index is 0.468. The van der Waals surface area contributed by atoms with E-state index >= 15 is 0 Å². The lowest BCUT2D eigenvalue weighted by Crippen LogP contribution is -2.57. The van der Waals surface area contributed by atoms with Crippen LogP contribution in [0.4, 0.5) is 0 Å². The second-order valence-electron chi connectivity index (χ2n) is 7.71. The number of piperidine rings is 2. The van der Waals surface area contributed by atoms with Crippen LogP contribution in [0.3, 0.4) is 0 Å². The largest absolute Gasteiger partial charge is 0.381 e. The molecular weight excluding hydrogens is 316 g/mol. The van der Waals surface area contributed by atoms with Gasteiger partial charge in [-0.05, 0) is 90.3 Å². The second kappa shape index (κ2) is 10.4. The van der Waals surface area contributed by atoms with Crippen molar-refractivity contribution in [1.82, 2.24) is 9.80 Å². The monoisotopic (exact) mass is 356 g/mol. The Hall–Kier alpha value is 0.230. The molecule has 24 heavy (non-hydrogen) atoms. The predicted molar refractivity (Wildman–Crippen MR) is 107 cm³/mol. The van der Waals surface area contributed by atoms with E-state index in [9.17, 15) is 0 Å². The summed E-state index contributed by atoms with van der Waals surface area (Å²) in [7, 11) is 2.26. The van der Waals surface area contributed by atoms with E-state index in [4.69, 9.17) is 4.74 Å². The summed E-state index contributed by atoms with van der Waals surface area (Å²) in [5.41, 5.74) is 0.468. The van der Waals surface area contributed by atoms with Gasteiger partial charge in [0.15, 0.2) is 0 Å². The van der Waals surface area contributed by atoms with Gasteiger partial charge in [-0.2, -0.15) is 11.8 Å². The Balaban J connectivity index is 0.00000100. The molecule has 3 heterocycles. The molecule has 0 aromatic heterocycles. The summed E-state index contributed by atoms with van der Waals surface area (Å²) in [5.74, 6) is 0.964. The fourth-order valence-corrected chi connectivity index (χ4v) is 5.52. The molecule has 3 rings (SSSR count). The molecule has 1 spiro atoms. The van der Waals surface area contributed by atoms with Gasteiger partial charge in [-0.3, -0.25) is 4.90 Å². The maximum Gasteiger partial charge on any atom is 0.0483 e. The van der Waals surface area contributed by atoms with Gasteiger partial charge in [-0.25, -0.2) is 0 Å². The van der Waals surface area contributed by atoms with Crippen LogP contribution >= 0.6 is 11.8 Å². The summed E-state index contributed by atoms with van der Waals surface area (Å²) in [4.78, 5) is 5.36. The second-order valence-corrected chi connectivity index (χ2v) is 8.85. The summed E-state index contributed by atoms with van der Waals surface area (Å²) in [5, 5.41) is 0.873. The quantitative estimate of drug-likeness (QED) is 0.752. The maximum atomic E-state index is 5.68. The van der Waals surface area contributed by atoms with E-state index in [0.29, 0.717) is 5.54 Å². The molecular formula is C20H40N2OS. The third kappa shape index (κ3) is 5.36. The Morgan fingerprint density at radius 1 is 1.04 bits per heavy atom. The molecule has 0 saturated carbocycles. The number of rotatable bonds is 4. The molecule has 0 aromatic rings. The van der Waals surface area contributed by atoms with Gasteiger partial charge >= 0.3 is 0 Å². The first-order valence-corrected chi connectivity index (χ1v) is 11.5. The average molecular weight is 357 g/mol. The van der Waals surface area contributed by atoms with Crippen LogP contribution in [0.2, 0.25) is 0 Å². The molecule has 3 aliphatic rings. The Kier molecular flexibility index (Phi) is 8.90. The molecule has 1 unspecified atom stereocenters. The minimum absolute atomic E-state index is 0.468. The lowest BCUT2D eigenvalue weighted by atomic mass is 9.79. The van der Waals surface area contributed by atoms with Crippen molar-refractivity contribution in [3.63, 3.8) is 0 Å². The van der Waals surface area contributed by atoms with Crippen LogP contribution in [-0.4, -0.2) is 73.3 Å². The average Bonchev–Trinajstić information content (AvgIpc) is 2.64. The summed E-state index contributed by atoms with van der Waals surface area (Å²) < 4.78 is 5.68. The van der Waals surface area contributed by atoms with Gasteiger partial charge in [-0.15, -0.1) is 0 Å². The topological polar surface area (TPSA) is 15.7 Å². The van der Waals surface area contributed by atoms with Crippen molar-refractivity contribution in [2.24, 2.45) is 5.92 Å². The SMILES string of the molecule is CC.CSC1CCN(CCC2CCN(C)CC2)C2(CCOCC2)C1. The van der Waals surface area contributed by atoms with Crippen molar-refractivity contribution in [2.45, 2.75) is 69.6 Å². The molecule has 142 valence electrons. The van der Waals surface area contributed by atoms with Crippen LogP contribution in [0.15, 0.2) is 0 Å². The summed E-state index contributed by atoms with van der Waals surface area (Å²) in [6, 6.07) is 0. The number of nitrogens with zero attached hydrogens (tertiary/aromatic N) is 2. The van der Waals surface area contributed by atoms with Crippen LogP contribution in [-0.2, 0) is 4.74 Å². The normalized spacial score (nSPS) is 29.2. The Labute approximate surface area is 154 Å². The van der Waals surface area contributed by atoms with Gasteiger partial charge in [0.05, 0.1) is 0 Å². The van der Waals surface area contributed by atoms with Gasteiger partial charge in [0, 0.05) is 24.0 Å². The Bertz CT molecular complexity index is 339. The lowest BCUT2D eigenvalue weighted by molar-refractivity contribution is -0.0496. The van der Waals surface area contributed by atoms with E-state index in [1.807, 2.05) is 13.8 Å². The Morgan fingerprint density at radius 2 is 1.71 bits per heavy atom. The van der Waals surface area contributed by atoms with Crippen LogP contribution < -0.4 is 0 Å². The zero-order valence-electron chi connectivity index (χ0n) is 16.6. The van der Waals surface area contributed by atoms with E-state index in [1.165, 1.54) is 71.1 Å². The van der Waals surface area contributed by atoms with Crippen LogP contribution in [0.5, 0.6) is 0 Å². The molecule has 0 amide bonds. The summed E-state index contributed by atoms with van der Waals surface area (Å²) >= 11 is 2.09. The zero-order chi connectivity index (χ0) is 17.4. The highest BCUT2D eigenvalue weighted by atomic mass is 32.2. The predicted octanol–water partition coefficient (Wildman–Crippen LogP) is 4.12. The first-order valence-electron chi connectivity index (χ1n) is 10.3. The van der Waals surface area contributed by atoms with Crippen molar-refractivity contribution < 1.29 is 4.74 Å². The van der Waals surface area contributed by atoms with Crippen molar-refractivity contribution in [1.29, 1.82) is 0 Å². The van der Waals surface area contributed by atoms with Crippen molar-refractivity contribution in [3.05, 3.63) is 0 Å². The van der Waals surface area contributed by atoms with E-state index in [2.05, 4.69) is 34.9 Å². The molecule has 3 nitrogen and oxygen atoms in total. The van der Waals surface area contributed by atoms with E-state index < -0.39 is 0 Å². The molecule has 3 aliphatic heterocycles. The molecule has 1 atom stereocenters. The van der Waals surface area contributed by atoms with Crippen LogP contribution in [0.25, 0.3) is 0 Å². The van der Waals surface area contributed by atoms with Crippen molar-refractivity contribution >= 4 is 11.8 Å². The van der Waals surface area contributed by atoms with Gasteiger partial charge in [0.1, 0.15) is 0 Å². The van der Waals surface area contributed by atoms with Gasteiger partial charge < -0.3 is 9.64 Å². The van der Waals surface area contributed by atoms with Crippen LogP contribution in [0, 0.1) is 5.92 Å². The molecule has 0 aromatic carbocycles. The van der Waals surface area contributed by atoms with Crippen LogP contribution in [0.1, 0.15) is 58.8 Å². The van der Waals surface area contributed by atoms with Gasteiger partial charge in [0.2, 0.25) is 0 Å². The highest BCUT2D eigenvalue weighted by Gasteiger charge is 2.43. The van der Waals surface area contributed by atoms with Gasteiger partial charge in [0.25, 0.3) is 0 Å². The molecule has 0 aliphatic carbocycles. The smallest absolute Gasteiger partial charge is 0.0483 e. The molecule has 3 saturated heterocycles. The van der Waals surface area contributed by atoms with E-state index in [1.54, 1.807) is 0 Å². The number of hydrogen-bond donors (Lipinski definition) is 0. The highest BCUT2D eigenvalue weighted by molar-refractivity contribution is 7.99. The van der Waals surface area contributed by atoms with Crippen molar-refractivity contribution in [3.8, 4) is 0 Å². The lowest BCUT2D eigenvalue weighted by Gasteiger charge is -2.52. The highest BCUT2D eigenvalue weighted by Crippen LogP contribution is 2.40. The summed E-state index contributed by atoms with van der Waals surface area (Å²) in [6.07, 6.45) is 11.8. The van der Waals surface area contributed by atoms with Crippen molar-refractivity contribution in [2.75, 3.05) is 52.7 Å². The number of thioether (sulfide) groups is 1. The fourth-order valence-electron chi connectivity index (χ4n) is 4.70. The molecule has 0 bridgehead atoms.